The summed E-state index contributed by atoms with van der Waals surface area (Å²) in [5, 5.41) is 0. The Balaban J connectivity index is 1.94. The van der Waals surface area contributed by atoms with E-state index in [9.17, 15) is 4.79 Å². The molecule has 2 atom stereocenters. The van der Waals surface area contributed by atoms with Crippen LogP contribution >= 0.6 is 0 Å². The van der Waals surface area contributed by atoms with Gasteiger partial charge in [0.2, 0.25) is 0 Å². The highest BCUT2D eigenvalue weighted by Gasteiger charge is 2.39. The van der Waals surface area contributed by atoms with E-state index in [0.29, 0.717) is 23.9 Å². The topological polar surface area (TPSA) is 68.5 Å². The lowest BCUT2D eigenvalue weighted by Crippen LogP contribution is -2.34. The number of rotatable bonds is 3. The molecule has 2 N–H and O–H groups in total. The summed E-state index contributed by atoms with van der Waals surface area (Å²) in [5.74, 6) is 1.15. The normalized spacial score (nSPS) is 24.8. The highest BCUT2D eigenvalue weighted by Crippen LogP contribution is 2.40. The summed E-state index contributed by atoms with van der Waals surface area (Å²) in [5.41, 5.74) is 6.74. The summed E-state index contributed by atoms with van der Waals surface area (Å²) in [6, 6.07) is 2.20. The molecule has 2 unspecified atom stereocenters. The van der Waals surface area contributed by atoms with Crippen LogP contribution in [0.5, 0.6) is 0 Å². The van der Waals surface area contributed by atoms with Crippen LogP contribution in [0.15, 0.2) is 12.3 Å². The summed E-state index contributed by atoms with van der Waals surface area (Å²) in [7, 11) is 0. The van der Waals surface area contributed by atoms with Crippen molar-refractivity contribution >= 4 is 17.5 Å². The molecule has 0 radical (unpaired) electrons. The molecule has 1 aromatic heterocycles. The van der Waals surface area contributed by atoms with Crippen LogP contribution in [0.3, 0.4) is 0 Å². The van der Waals surface area contributed by atoms with E-state index in [1.165, 1.54) is 19.3 Å². The van der Waals surface area contributed by atoms with Crippen LogP contribution in [0.2, 0.25) is 0 Å². The average Bonchev–Trinajstić information content (AvgIpc) is 3.01. The number of pyridine rings is 1. The Morgan fingerprint density at radius 3 is 3.05 bits per heavy atom. The number of nitrogens with zero attached hydrogens (tertiary/aromatic N) is 2. The number of carbonyl (C=O) groups excluding carboxylic acids is 1. The molecule has 102 valence electrons. The van der Waals surface area contributed by atoms with E-state index in [1.54, 1.807) is 19.2 Å². The average molecular weight is 261 g/mol. The van der Waals surface area contributed by atoms with Crippen molar-refractivity contribution in [1.29, 1.82) is 0 Å². The van der Waals surface area contributed by atoms with E-state index in [1.807, 2.05) is 0 Å². The number of hydrogen-bond donors (Lipinski definition) is 1. The first-order valence-electron chi connectivity index (χ1n) is 6.88. The maximum Gasteiger partial charge on any atom is 0.341 e. The van der Waals surface area contributed by atoms with Crippen molar-refractivity contribution in [2.45, 2.75) is 32.2 Å². The van der Waals surface area contributed by atoms with Crippen molar-refractivity contribution in [3.05, 3.63) is 17.8 Å². The van der Waals surface area contributed by atoms with Gasteiger partial charge in [0.05, 0.1) is 18.5 Å². The van der Waals surface area contributed by atoms with Crippen molar-refractivity contribution in [3.63, 3.8) is 0 Å². The minimum absolute atomic E-state index is 0.333. The molecular weight excluding hydrogens is 242 g/mol. The van der Waals surface area contributed by atoms with Crippen LogP contribution in [0.1, 0.15) is 36.5 Å². The van der Waals surface area contributed by atoms with E-state index < -0.39 is 0 Å². The van der Waals surface area contributed by atoms with E-state index in [-0.39, 0.29) is 5.97 Å². The van der Waals surface area contributed by atoms with Crippen LogP contribution in [0.25, 0.3) is 0 Å². The summed E-state index contributed by atoms with van der Waals surface area (Å²) in [6.45, 7) is 3.15. The largest absolute Gasteiger partial charge is 0.462 e. The molecule has 2 bridgehead atoms. The second-order valence-electron chi connectivity index (χ2n) is 5.35. The maximum absolute atomic E-state index is 12.0. The van der Waals surface area contributed by atoms with Gasteiger partial charge in [0.15, 0.2) is 0 Å². The van der Waals surface area contributed by atoms with Gasteiger partial charge in [0.25, 0.3) is 0 Å². The second kappa shape index (κ2) is 4.72. The van der Waals surface area contributed by atoms with Crippen LogP contribution < -0.4 is 10.6 Å². The van der Waals surface area contributed by atoms with Gasteiger partial charge in [-0.3, -0.25) is 0 Å². The summed E-state index contributed by atoms with van der Waals surface area (Å²) < 4.78 is 5.10. The third-order valence-electron chi connectivity index (χ3n) is 4.06. The zero-order chi connectivity index (χ0) is 13.4. The molecule has 0 spiro atoms. The summed E-state index contributed by atoms with van der Waals surface area (Å²) in [6.07, 6.45) is 5.32. The molecule has 1 saturated heterocycles. The fraction of sp³-hybridized carbons (Fsp3) is 0.571. The molecular formula is C14H19N3O2. The molecule has 5 nitrogen and oxygen atoms in total. The number of carbonyl (C=O) groups is 1. The lowest BCUT2D eigenvalue weighted by molar-refractivity contribution is 0.0526. The predicted molar refractivity (Wildman–Crippen MR) is 73.1 cm³/mol. The van der Waals surface area contributed by atoms with Crippen molar-refractivity contribution in [2.24, 2.45) is 5.92 Å². The maximum atomic E-state index is 12.0. The third-order valence-corrected chi connectivity index (χ3v) is 4.06. The number of piperidine rings is 1. The monoisotopic (exact) mass is 261 g/mol. The first-order chi connectivity index (χ1) is 9.19. The molecule has 2 fully saturated rings. The van der Waals surface area contributed by atoms with Gasteiger partial charge in [-0.15, -0.1) is 0 Å². The number of esters is 1. The number of aromatic nitrogens is 1. The van der Waals surface area contributed by atoms with E-state index in [2.05, 4.69) is 9.88 Å². The van der Waals surface area contributed by atoms with E-state index in [4.69, 9.17) is 10.5 Å². The number of ether oxygens (including phenoxy) is 1. The van der Waals surface area contributed by atoms with Crippen LogP contribution in [-0.4, -0.2) is 30.1 Å². The lowest BCUT2D eigenvalue weighted by Gasteiger charge is -2.29. The van der Waals surface area contributed by atoms with Gasteiger partial charge in [0, 0.05) is 12.6 Å². The van der Waals surface area contributed by atoms with E-state index in [0.717, 1.165) is 18.3 Å². The van der Waals surface area contributed by atoms with Crippen molar-refractivity contribution in [1.82, 2.24) is 4.98 Å². The SMILES string of the molecule is CCOC(=O)c1cc(N)cnc1N1CC2CCC1C2. The standard InChI is InChI=1S/C14H19N3O2/c1-2-19-14(18)12-6-10(15)7-16-13(12)17-8-9-3-4-11(17)5-9/h6-7,9,11H,2-5,8,15H2,1H3. The zero-order valence-corrected chi connectivity index (χ0v) is 11.1. The van der Waals surface area contributed by atoms with Crippen molar-refractivity contribution in [3.8, 4) is 0 Å². The van der Waals surface area contributed by atoms with Gasteiger partial charge in [-0.05, 0) is 38.2 Å². The first-order valence-corrected chi connectivity index (χ1v) is 6.88. The summed E-state index contributed by atoms with van der Waals surface area (Å²) >= 11 is 0. The zero-order valence-electron chi connectivity index (χ0n) is 11.1. The molecule has 2 aliphatic rings. The highest BCUT2D eigenvalue weighted by atomic mass is 16.5. The van der Waals surface area contributed by atoms with Gasteiger partial charge in [-0.25, -0.2) is 9.78 Å². The second-order valence-corrected chi connectivity index (χ2v) is 5.35. The number of nitrogen functional groups attached to an aromatic ring is 1. The number of nitrogens with two attached hydrogens (primary N) is 1. The van der Waals surface area contributed by atoms with Gasteiger partial charge >= 0.3 is 5.97 Å². The molecule has 19 heavy (non-hydrogen) atoms. The third kappa shape index (κ3) is 2.13. The Bertz CT molecular complexity index is 503. The van der Waals surface area contributed by atoms with E-state index >= 15 is 0 Å². The van der Waals surface area contributed by atoms with Gasteiger partial charge in [-0.1, -0.05) is 0 Å². The molecule has 2 heterocycles. The molecule has 0 aromatic carbocycles. The van der Waals surface area contributed by atoms with Gasteiger partial charge in [-0.2, -0.15) is 0 Å². The Hall–Kier alpha value is -1.78. The van der Waals surface area contributed by atoms with Crippen molar-refractivity contribution < 1.29 is 9.53 Å². The number of anilines is 2. The fourth-order valence-corrected chi connectivity index (χ4v) is 3.25. The molecule has 1 aromatic rings. The lowest BCUT2D eigenvalue weighted by atomic mass is 10.1. The molecule has 3 rings (SSSR count). The quantitative estimate of drug-likeness (QED) is 0.841. The number of fused-ring (bicyclic) bond motifs is 2. The Morgan fingerprint density at radius 1 is 1.58 bits per heavy atom. The highest BCUT2D eigenvalue weighted by molar-refractivity contribution is 5.95. The minimum Gasteiger partial charge on any atom is -0.462 e. The predicted octanol–water partition coefficient (Wildman–Crippen LogP) is 1.83. The Labute approximate surface area is 112 Å². The van der Waals surface area contributed by atoms with Crippen LogP contribution in [-0.2, 0) is 4.74 Å². The minimum atomic E-state index is -0.333. The molecule has 5 heteroatoms. The first kappa shape index (κ1) is 12.3. The van der Waals surface area contributed by atoms with Crippen LogP contribution in [0.4, 0.5) is 11.5 Å². The molecule has 1 aliphatic carbocycles. The molecule has 0 amide bonds. The smallest absolute Gasteiger partial charge is 0.341 e. The van der Waals surface area contributed by atoms with Gasteiger partial charge < -0.3 is 15.4 Å². The van der Waals surface area contributed by atoms with Crippen LogP contribution in [0, 0.1) is 5.92 Å². The molecule has 1 aliphatic heterocycles. The molecule has 1 saturated carbocycles. The Kier molecular flexibility index (Phi) is 3.05. The van der Waals surface area contributed by atoms with Crippen molar-refractivity contribution in [2.75, 3.05) is 23.8 Å². The Morgan fingerprint density at radius 2 is 2.42 bits per heavy atom. The summed E-state index contributed by atoms with van der Waals surface area (Å²) in [4.78, 5) is 18.7. The number of hydrogen-bond acceptors (Lipinski definition) is 5. The fourth-order valence-electron chi connectivity index (χ4n) is 3.25. The van der Waals surface area contributed by atoms with Gasteiger partial charge in [0.1, 0.15) is 11.4 Å².